The van der Waals surface area contributed by atoms with Crippen molar-refractivity contribution in [1.29, 1.82) is 0 Å². The molecule has 0 fully saturated rings. The first kappa shape index (κ1) is 41.3. The molecule has 0 saturated heterocycles. The van der Waals surface area contributed by atoms with Gasteiger partial charge in [-0.05, 0) is 59.1 Å². The summed E-state index contributed by atoms with van der Waals surface area (Å²) in [5, 5.41) is 0. The fraction of sp³-hybridized carbons (Fsp3) is 0.674. The molecule has 2 nitrogen and oxygen atoms in total. The van der Waals surface area contributed by atoms with Gasteiger partial charge in [0.2, 0.25) is 0 Å². The first-order valence-corrected chi connectivity index (χ1v) is 20.9. The van der Waals surface area contributed by atoms with E-state index in [0.717, 1.165) is 35.5 Å². The SMILES string of the molecule is C#CC#CC#Cc1cc(OCCCCCCCCCC)c(C#C[Si](C(C)C)(C(C)C)C(C)C)cc1OCCCCCCCCCC. The van der Waals surface area contributed by atoms with E-state index in [0.29, 0.717) is 29.8 Å². The van der Waals surface area contributed by atoms with E-state index >= 15 is 0 Å². The third-order valence-electron chi connectivity index (χ3n) is 9.27. The Kier molecular flexibility index (Phi) is 22.8. The van der Waals surface area contributed by atoms with Crippen LogP contribution in [0.3, 0.4) is 0 Å². The van der Waals surface area contributed by atoms with Crippen molar-refractivity contribution >= 4 is 8.07 Å². The number of hydrogen-bond donors (Lipinski definition) is 0. The highest BCUT2D eigenvalue weighted by atomic mass is 28.3. The molecule has 0 amide bonds. The van der Waals surface area contributed by atoms with Crippen LogP contribution in [0.4, 0.5) is 0 Å². The number of terminal acetylenes is 1. The van der Waals surface area contributed by atoms with Crippen LogP contribution in [0.25, 0.3) is 0 Å². The molecule has 0 radical (unpaired) electrons. The minimum absolute atomic E-state index is 0.555. The lowest BCUT2D eigenvalue weighted by Crippen LogP contribution is -2.43. The van der Waals surface area contributed by atoms with Crippen LogP contribution in [0.15, 0.2) is 12.1 Å². The van der Waals surface area contributed by atoms with E-state index in [1.807, 2.05) is 6.07 Å². The van der Waals surface area contributed by atoms with Crippen LogP contribution in [0.2, 0.25) is 16.6 Å². The van der Waals surface area contributed by atoms with Gasteiger partial charge in [0.05, 0.1) is 24.3 Å². The van der Waals surface area contributed by atoms with Gasteiger partial charge in [-0.25, -0.2) is 0 Å². The number of benzene rings is 1. The highest BCUT2D eigenvalue weighted by Gasteiger charge is 2.41. The third-order valence-corrected chi connectivity index (χ3v) is 15.6. The Morgan fingerprint density at radius 1 is 0.543 bits per heavy atom. The quantitative estimate of drug-likeness (QED) is 0.0672. The second-order valence-electron chi connectivity index (χ2n) is 13.8. The first-order valence-electron chi connectivity index (χ1n) is 18.7. The van der Waals surface area contributed by atoms with Crippen molar-refractivity contribution < 1.29 is 9.47 Å². The molecule has 0 heterocycles. The molecule has 0 aromatic heterocycles. The molecule has 1 aromatic carbocycles. The predicted molar refractivity (Wildman–Crippen MR) is 204 cm³/mol. The van der Waals surface area contributed by atoms with E-state index in [2.05, 4.69) is 103 Å². The number of rotatable bonds is 23. The summed E-state index contributed by atoms with van der Waals surface area (Å²) < 4.78 is 12.9. The van der Waals surface area contributed by atoms with Gasteiger partial charge < -0.3 is 9.47 Å². The van der Waals surface area contributed by atoms with Crippen LogP contribution in [0.5, 0.6) is 11.5 Å². The summed E-state index contributed by atoms with van der Waals surface area (Å²) in [5.41, 5.74) is 7.26. The smallest absolute Gasteiger partial charge is 0.146 e. The number of hydrogen-bond acceptors (Lipinski definition) is 2. The molecule has 1 aromatic rings. The Labute approximate surface area is 287 Å². The Balaban J connectivity index is 3.29. The third kappa shape index (κ3) is 15.7. The summed E-state index contributed by atoms with van der Waals surface area (Å²) >= 11 is 0. The van der Waals surface area contributed by atoms with Crippen LogP contribution in [-0.4, -0.2) is 21.3 Å². The van der Waals surface area contributed by atoms with Gasteiger partial charge in [0.1, 0.15) is 19.6 Å². The minimum atomic E-state index is -1.93. The zero-order valence-corrected chi connectivity index (χ0v) is 32.0. The fourth-order valence-electron chi connectivity index (χ4n) is 6.60. The van der Waals surface area contributed by atoms with Crippen LogP contribution in [-0.2, 0) is 0 Å². The van der Waals surface area contributed by atoms with E-state index in [-0.39, 0.29) is 0 Å². The molecule has 1 rings (SSSR count). The summed E-state index contributed by atoms with van der Waals surface area (Å²) in [7, 11) is -1.93. The molecular formula is C43H66O2Si. The average Bonchev–Trinajstić information content (AvgIpc) is 3.02. The van der Waals surface area contributed by atoms with Crippen molar-refractivity contribution in [1.82, 2.24) is 0 Å². The number of ether oxygens (including phenoxy) is 2. The van der Waals surface area contributed by atoms with Gasteiger partial charge in [0.25, 0.3) is 0 Å². The molecule has 0 unspecified atom stereocenters. The highest BCUT2D eigenvalue weighted by molar-refractivity contribution is 6.90. The van der Waals surface area contributed by atoms with Crippen molar-refractivity contribution in [2.24, 2.45) is 0 Å². The van der Waals surface area contributed by atoms with Gasteiger partial charge in [-0.1, -0.05) is 151 Å². The van der Waals surface area contributed by atoms with Gasteiger partial charge in [0.15, 0.2) is 0 Å². The molecule has 0 aliphatic carbocycles. The minimum Gasteiger partial charge on any atom is -0.492 e. The zero-order chi connectivity index (χ0) is 34.0. The molecular weight excluding hydrogens is 577 g/mol. The second-order valence-corrected chi connectivity index (χ2v) is 19.4. The van der Waals surface area contributed by atoms with E-state index in [1.54, 1.807) is 0 Å². The second kappa shape index (κ2) is 25.4. The van der Waals surface area contributed by atoms with Crippen LogP contribution < -0.4 is 9.47 Å². The lowest BCUT2D eigenvalue weighted by molar-refractivity contribution is 0.295. The standard InChI is InChI=1S/C43H66O2Si/c1-10-13-16-19-21-23-25-28-32-44-42-36-41(31-34-46(37(4)5,38(6)7)39(8)9)43(35-40(42)30-27-18-15-12-3)45-33-29-26-24-22-20-17-14-11-2/h3,35-39H,10-11,13-14,16-17,19-26,28-29,32-33H2,1-2,4-9H3. The van der Waals surface area contributed by atoms with Crippen LogP contribution in [0.1, 0.15) is 169 Å². The fourth-order valence-corrected chi connectivity index (χ4v) is 11.8. The average molecular weight is 643 g/mol. The summed E-state index contributed by atoms with van der Waals surface area (Å²) in [6, 6.07) is 4.09. The van der Waals surface area contributed by atoms with Crippen molar-refractivity contribution in [2.75, 3.05) is 13.2 Å². The van der Waals surface area contributed by atoms with Crippen LogP contribution in [0, 0.1) is 47.5 Å². The Hall–Kier alpha value is -2.72. The van der Waals surface area contributed by atoms with Crippen molar-refractivity contribution in [3.8, 4) is 59.0 Å². The highest BCUT2D eigenvalue weighted by Crippen LogP contribution is 2.41. The number of unbranched alkanes of at least 4 members (excludes halogenated alkanes) is 14. The maximum Gasteiger partial charge on any atom is 0.146 e. The molecule has 0 N–H and O–H groups in total. The van der Waals surface area contributed by atoms with Crippen molar-refractivity contribution in [3.63, 3.8) is 0 Å². The van der Waals surface area contributed by atoms with Crippen molar-refractivity contribution in [3.05, 3.63) is 23.3 Å². The Morgan fingerprint density at radius 2 is 0.935 bits per heavy atom. The van der Waals surface area contributed by atoms with Crippen LogP contribution >= 0.6 is 0 Å². The van der Waals surface area contributed by atoms with Crippen molar-refractivity contribution in [2.45, 2.75) is 175 Å². The van der Waals surface area contributed by atoms with E-state index in [9.17, 15) is 0 Å². The Morgan fingerprint density at radius 3 is 1.33 bits per heavy atom. The van der Waals surface area contributed by atoms with Gasteiger partial charge in [-0.2, -0.15) is 0 Å². The molecule has 0 spiro atoms. The summed E-state index contributed by atoms with van der Waals surface area (Å²) in [6.07, 6.45) is 25.6. The summed E-state index contributed by atoms with van der Waals surface area (Å²) in [5.74, 6) is 19.0. The predicted octanol–water partition coefficient (Wildman–Crippen LogP) is 12.3. The van der Waals surface area contributed by atoms with Gasteiger partial charge >= 0.3 is 0 Å². The molecule has 46 heavy (non-hydrogen) atoms. The molecule has 3 heteroatoms. The lowest BCUT2D eigenvalue weighted by atomic mass is 10.1. The first-order chi connectivity index (χ1) is 22.2. The maximum absolute atomic E-state index is 6.47. The molecule has 0 bridgehead atoms. The van der Waals surface area contributed by atoms with Gasteiger partial charge in [-0.3, -0.25) is 0 Å². The van der Waals surface area contributed by atoms with Gasteiger partial charge in [0, 0.05) is 12.1 Å². The van der Waals surface area contributed by atoms with E-state index in [4.69, 9.17) is 15.9 Å². The normalized spacial score (nSPS) is 10.9. The van der Waals surface area contributed by atoms with E-state index in [1.165, 1.54) is 89.9 Å². The summed E-state index contributed by atoms with van der Waals surface area (Å²) in [4.78, 5) is 0. The molecule has 0 aliphatic rings. The maximum atomic E-state index is 6.47. The van der Waals surface area contributed by atoms with E-state index < -0.39 is 8.07 Å². The summed E-state index contributed by atoms with van der Waals surface area (Å²) in [6.45, 7) is 20.0. The molecule has 0 saturated carbocycles. The molecule has 254 valence electrons. The zero-order valence-electron chi connectivity index (χ0n) is 31.0. The topological polar surface area (TPSA) is 18.5 Å². The molecule has 0 aliphatic heterocycles. The lowest BCUT2D eigenvalue weighted by Gasteiger charge is -2.38. The largest absolute Gasteiger partial charge is 0.492 e. The van der Waals surface area contributed by atoms with Gasteiger partial charge in [-0.15, -0.1) is 12.0 Å². The molecule has 0 atom stereocenters. The Bertz CT molecular complexity index is 1180. The monoisotopic (exact) mass is 642 g/mol.